The Labute approximate surface area is 200 Å². The zero-order valence-electron chi connectivity index (χ0n) is 19.7. The van der Waals surface area contributed by atoms with Crippen LogP contribution in [0.2, 0.25) is 0 Å². The summed E-state index contributed by atoms with van der Waals surface area (Å²) in [4.78, 5) is 33.0. The molecule has 2 aromatic heterocycles. The number of anilines is 2. The lowest BCUT2D eigenvalue weighted by atomic mass is 10.0. The van der Waals surface area contributed by atoms with Gasteiger partial charge in [0.15, 0.2) is 5.82 Å². The van der Waals surface area contributed by atoms with Crippen molar-refractivity contribution >= 4 is 39.1 Å². The fourth-order valence-electron chi connectivity index (χ4n) is 4.92. The second-order valence-electron chi connectivity index (χ2n) is 8.79. The van der Waals surface area contributed by atoms with Crippen LogP contribution >= 0.6 is 0 Å². The summed E-state index contributed by atoms with van der Waals surface area (Å²) >= 11 is 0. The molecule has 1 N–H and O–H groups in total. The first-order chi connectivity index (χ1) is 16.8. The molecule has 2 aromatic carbocycles. The van der Waals surface area contributed by atoms with E-state index in [1.54, 1.807) is 26.3 Å². The van der Waals surface area contributed by atoms with E-state index in [1.165, 1.54) is 17.0 Å². The molecule has 1 saturated heterocycles. The number of carbonyl (C=O) groups is 1. The number of piperazine rings is 1. The summed E-state index contributed by atoms with van der Waals surface area (Å²) in [6.07, 6.45) is 2.68. The van der Waals surface area contributed by atoms with Gasteiger partial charge in [-0.05, 0) is 31.2 Å². The Kier molecular flexibility index (Phi) is 5.55. The first-order valence-corrected chi connectivity index (χ1v) is 11.3. The van der Waals surface area contributed by atoms with Gasteiger partial charge in [0.25, 0.3) is 0 Å². The molecule has 0 aliphatic carbocycles. The van der Waals surface area contributed by atoms with Crippen molar-refractivity contribution in [3.8, 4) is 5.75 Å². The lowest BCUT2D eigenvalue weighted by molar-refractivity contribution is 0.0695. The quantitative estimate of drug-likeness (QED) is 0.450. The van der Waals surface area contributed by atoms with Crippen LogP contribution in [0.3, 0.4) is 0 Å². The molecule has 4 aromatic rings. The van der Waals surface area contributed by atoms with Crippen LogP contribution in [0.15, 0.2) is 53.6 Å². The number of methoxy groups -OCH3 is 1. The minimum atomic E-state index is -1.32. The minimum Gasteiger partial charge on any atom is -0.497 e. The standard InChI is InChI=1S/C26H25FN4O4/c1-15-13-30(9-10-31(15)16-5-4-6-17(11-16)35-3)20-8-7-18-22-21(12-28-24(18)23(20)27)29(2)14-19(25(22)32)26(33)34/h4-8,11-12,14-15H,9-10,13H2,1-3H3,(H,33,34). The van der Waals surface area contributed by atoms with Crippen LogP contribution in [-0.2, 0) is 7.05 Å². The summed E-state index contributed by atoms with van der Waals surface area (Å²) < 4.78 is 22.6. The third-order valence-corrected chi connectivity index (χ3v) is 6.70. The number of pyridine rings is 2. The third kappa shape index (κ3) is 3.73. The topological polar surface area (TPSA) is 87.9 Å². The van der Waals surface area contributed by atoms with Crippen molar-refractivity contribution in [2.45, 2.75) is 13.0 Å². The van der Waals surface area contributed by atoms with Gasteiger partial charge in [-0.2, -0.15) is 0 Å². The fraction of sp³-hybridized carbons (Fsp3) is 0.269. The van der Waals surface area contributed by atoms with Crippen LogP contribution < -0.4 is 20.0 Å². The van der Waals surface area contributed by atoms with E-state index in [1.807, 2.05) is 29.2 Å². The number of hydrogen-bond acceptors (Lipinski definition) is 6. The highest BCUT2D eigenvalue weighted by Crippen LogP contribution is 2.32. The van der Waals surface area contributed by atoms with Crippen LogP contribution in [0.1, 0.15) is 17.3 Å². The zero-order valence-corrected chi connectivity index (χ0v) is 19.7. The predicted molar refractivity (Wildman–Crippen MR) is 133 cm³/mol. The molecule has 8 nitrogen and oxygen atoms in total. The highest BCUT2D eigenvalue weighted by Gasteiger charge is 2.27. The van der Waals surface area contributed by atoms with Crippen molar-refractivity contribution in [3.63, 3.8) is 0 Å². The van der Waals surface area contributed by atoms with Crippen LogP contribution in [0.25, 0.3) is 21.8 Å². The van der Waals surface area contributed by atoms with E-state index in [9.17, 15) is 14.7 Å². The predicted octanol–water partition coefficient (Wildman–Crippen LogP) is 3.65. The van der Waals surface area contributed by atoms with Gasteiger partial charge < -0.3 is 24.2 Å². The van der Waals surface area contributed by atoms with Crippen molar-refractivity contribution in [1.29, 1.82) is 0 Å². The summed E-state index contributed by atoms with van der Waals surface area (Å²) in [6.45, 7) is 3.98. The van der Waals surface area contributed by atoms with Gasteiger partial charge >= 0.3 is 5.97 Å². The second kappa shape index (κ2) is 8.57. The molecular weight excluding hydrogens is 451 g/mol. The largest absolute Gasteiger partial charge is 0.497 e. The van der Waals surface area contributed by atoms with Crippen molar-refractivity contribution in [2.24, 2.45) is 7.05 Å². The smallest absolute Gasteiger partial charge is 0.341 e. The Morgan fingerprint density at radius 1 is 1.23 bits per heavy atom. The van der Waals surface area contributed by atoms with Gasteiger partial charge in [0.1, 0.15) is 16.8 Å². The van der Waals surface area contributed by atoms with Gasteiger partial charge in [-0.25, -0.2) is 9.18 Å². The molecule has 1 unspecified atom stereocenters. The zero-order chi connectivity index (χ0) is 24.9. The van der Waals surface area contributed by atoms with E-state index in [-0.39, 0.29) is 22.5 Å². The summed E-state index contributed by atoms with van der Waals surface area (Å²) in [5.74, 6) is -1.06. The van der Waals surface area contributed by atoms with E-state index in [0.717, 1.165) is 11.4 Å². The molecule has 1 atom stereocenters. The molecule has 1 aliphatic heterocycles. The summed E-state index contributed by atoms with van der Waals surface area (Å²) in [7, 11) is 3.27. The van der Waals surface area contributed by atoms with E-state index in [0.29, 0.717) is 36.2 Å². The van der Waals surface area contributed by atoms with Crippen molar-refractivity contribution in [2.75, 3.05) is 36.5 Å². The number of benzene rings is 2. The minimum absolute atomic E-state index is 0.0533. The molecule has 1 aliphatic rings. The van der Waals surface area contributed by atoms with E-state index < -0.39 is 17.2 Å². The first kappa shape index (κ1) is 22.6. The number of nitrogens with zero attached hydrogens (tertiary/aromatic N) is 4. The molecule has 0 amide bonds. The SMILES string of the molecule is COc1cccc(N2CCN(c3ccc4c(ncc5c4c(=O)c(C(=O)O)cn5C)c3F)CC2C)c1. The molecule has 180 valence electrons. The lowest BCUT2D eigenvalue weighted by Crippen LogP contribution is -2.52. The van der Waals surface area contributed by atoms with E-state index in [4.69, 9.17) is 4.74 Å². The number of fused-ring (bicyclic) bond motifs is 3. The molecule has 1 fully saturated rings. The van der Waals surface area contributed by atoms with Gasteiger partial charge in [0.05, 0.1) is 29.9 Å². The van der Waals surface area contributed by atoms with E-state index in [2.05, 4.69) is 16.8 Å². The van der Waals surface area contributed by atoms with Gasteiger partial charge in [-0.15, -0.1) is 0 Å². The van der Waals surface area contributed by atoms with Crippen LogP contribution in [0.4, 0.5) is 15.8 Å². The van der Waals surface area contributed by atoms with Crippen molar-refractivity contribution in [1.82, 2.24) is 9.55 Å². The van der Waals surface area contributed by atoms with Crippen molar-refractivity contribution < 1.29 is 19.0 Å². The number of carboxylic acids is 1. The normalized spacial score (nSPS) is 16.2. The third-order valence-electron chi connectivity index (χ3n) is 6.70. The van der Waals surface area contributed by atoms with Crippen LogP contribution in [0, 0.1) is 5.82 Å². The number of ether oxygens (including phenoxy) is 1. The number of halogens is 1. The molecule has 3 heterocycles. The Morgan fingerprint density at radius 2 is 2.03 bits per heavy atom. The maximum Gasteiger partial charge on any atom is 0.341 e. The number of aromatic carboxylic acids is 1. The molecule has 35 heavy (non-hydrogen) atoms. The maximum atomic E-state index is 15.8. The average Bonchev–Trinajstić information content (AvgIpc) is 2.85. The molecule has 0 spiro atoms. The molecule has 5 rings (SSSR count). The highest BCUT2D eigenvalue weighted by atomic mass is 19.1. The number of carboxylic acid groups (broad SMARTS) is 1. The fourth-order valence-corrected chi connectivity index (χ4v) is 4.92. The van der Waals surface area contributed by atoms with E-state index >= 15 is 4.39 Å². The Balaban J connectivity index is 1.53. The van der Waals surface area contributed by atoms with Gasteiger partial charge in [-0.3, -0.25) is 9.78 Å². The van der Waals surface area contributed by atoms with Gasteiger partial charge in [0, 0.05) is 56.1 Å². The summed E-state index contributed by atoms with van der Waals surface area (Å²) in [5, 5.41) is 9.88. The van der Waals surface area contributed by atoms with Crippen LogP contribution in [0.5, 0.6) is 5.75 Å². The molecule has 9 heteroatoms. The molecule has 0 bridgehead atoms. The Bertz CT molecular complexity index is 1530. The molecule has 0 saturated carbocycles. The second-order valence-corrected chi connectivity index (χ2v) is 8.79. The van der Waals surface area contributed by atoms with Crippen molar-refractivity contribution in [3.05, 3.63) is 70.4 Å². The molecule has 0 radical (unpaired) electrons. The maximum absolute atomic E-state index is 15.8. The van der Waals surface area contributed by atoms with Crippen LogP contribution in [-0.4, -0.2) is 53.4 Å². The Morgan fingerprint density at radius 3 is 2.74 bits per heavy atom. The highest BCUT2D eigenvalue weighted by molar-refractivity contribution is 6.07. The molecular formula is C26H25FN4O4. The number of aryl methyl sites for hydroxylation is 1. The number of aromatic nitrogens is 2. The summed E-state index contributed by atoms with van der Waals surface area (Å²) in [6, 6.07) is 11.3. The number of rotatable bonds is 4. The monoisotopic (exact) mass is 476 g/mol. The van der Waals surface area contributed by atoms with Gasteiger partial charge in [0.2, 0.25) is 5.43 Å². The Hall–Kier alpha value is -4.14. The number of hydrogen-bond donors (Lipinski definition) is 1. The average molecular weight is 477 g/mol. The lowest BCUT2D eigenvalue weighted by Gasteiger charge is -2.42. The van der Waals surface area contributed by atoms with Gasteiger partial charge in [-0.1, -0.05) is 6.07 Å². The first-order valence-electron chi connectivity index (χ1n) is 11.3. The summed E-state index contributed by atoms with van der Waals surface area (Å²) in [5.41, 5.74) is 0.948.